The first kappa shape index (κ1) is 23.4. The largest absolute Gasteiger partial charge is 0.386 e. The number of carbonyl (C=O) groups is 1. The molecule has 0 saturated carbocycles. The van der Waals surface area contributed by atoms with Gasteiger partial charge in [-0.25, -0.2) is 13.4 Å². The highest BCUT2D eigenvalue weighted by Gasteiger charge is 2.18. The van der Waals surface area contributed by atoms with Crippen molar-refractivity contribution in [2.45, 2.75) is 38.2 Å². The first-order valence-corrected chi connectivity index (χ1v) is 11.8. The number of rotatable bonds is 6. The van der Waals surface area contributed by atoms with Gasteiger partial charge in [0.25, 0.3) is 0 Å². The molecule has 3 aromatic rings. The molecule has 2 heterocycles. The van der Waals surface area contributed by atoms with Gasteiger partial charge >= 0.3 is 0 Å². The normalized spacial score (nSPS) is 11.8. The van der Waals surface area contributed by atoms with Crippen molar-refractivity contribution in [3.8, 4) is 11.3 Å². The van der Waals surface area contributed by atoms with E-state index in [9.17, 15) is 18.3 Å². The number of carbonyl (C=O) groups excluding carboxylic acids is 1. The third-order valence-electron chi connectivity index (χ3n) is 4.71. The number of anilines is 3. The lowest BCUT2D eigenvalue weighted by molar-refractivity contribution is -0.114. The number of benzene rings is 1. The Morgan fingerprint density at radius 3 is 2.34 bits per heavy atom. The molecule has 3 rings (SSSR count). The SMILES string of the molecule is CC(=O)Nc1cc(Nc2cc(C)cc(S(C)(=O)=O)c2)c(-c2ccc(C(C)(C)O)cn2)cn1. The zero-order chi connectivity index (χ0) is 23.7. The van der Waals surface area contributed by atoms with Crippen LogP contribution in [0.2, 0.25) is 0 Å². The van der Waals surface area contributed by atoms with Crippen LogP contribution in [-0.4, -0.2) is 35.7 Å². The molecule has 1 amide bonds. The van der Waals surface area contributed by atoms with Gasteiger partial charge < -0.3 is 15.7 Å². The quantitative estimate of drug-likeness (QED) is 0.518. The minimum absolute atomic E-state index is 0.199. The summed E-state index contributed by atoms with van der Waals surface area (Å²) >= 11 is 0. The predicted octanol–water partition coefficient (Wildman–Crippen LogP) is 3.78. The summed E-state index contributed by atoms with van der Waals surface area (Å²) in [6.07, 6.45) is 4.33. The number of aliphatic hydroxyl groups is 1. The Labute approximate surface area is 187 Å². The number of nitrogens with one attached hydrogen (secondary N) is 2. The molecular weight excluding hydrogens is 428 g/mol. The molecule has 0 aliphatic heterocycles. The van der Waals surface area contributed by atoms with Gasteiger partial charge in [-0.1, -0.05) is 6.07 Å². The van der Waals surface area contributed by atoms with Crippen LogP contribution >= 0.6 is 0 Å². The fourth-order valence-corrected chi connectivity index (χ4v) is 3.86. The average molecular weight is 455 g/mol. The van der Waals surface area contributed by atoms with Crippen LogP contribution in [0.15, 0.2) is 53.7 Å². The Morgan fingerprint density at radius 2 is 1.78 bits per heavy atom. The molecule has 9 heteroatoms. The molecule has 0 spiro atoms. The number of hydrogen-bond acceptors (Lipinski definition) is 7. The van der Waals surface area contributed by atoms with E-state index in [4.69, 9.17) is 0 Å². The zero-order valence-electron chi connectivity index (χ0n) is 18.6. The summed E-state index contributed by atoms with van der Waals surface area (Å²) in [7, 11) is -3.39. The van der Waals surface area contributed by atoms with Gasteiger partial charge in [-0.3, -0.25) is 9.78 Å². The van der Waals surface area contributed by atoms with Crippen molar-refractivity contribution in [3.05, 3.63) is 59.9 Å². The number of hydrogen-bond donors (Lipinski definition) is 3. The van der Waals surface area contributed by atoms with Crippen molar-refractivity contribution < 1.29 is 18.3 Å². The molecule has 0 unspecified atom stereocenters. The maximum absolute atomic E-state index is 12.1. The fraction of sp³-hybridized carbons (Fsp3) is 0.261. The average Bonchev–Trinajstić information content (AvgIpc) is 2.66. The third-order valence-corrected chi connectivity index (χ3v) is 5.80. The Balaban J connectivity index is 2.09. The highest BCUT2D eigenvalue weighted by molar-refractivity contribution is 7.90. The van der Waals surface area contributed by atoms with Crippen molar-refractivity contribution >= 4 is 32.9 Å². The molecule has 3 N–H and O–H groups in total. The Hall–Kier alpha value is -3.30. The van der Waals surface area contributed by atoms with Gasteiger partial charge in [0.1, 0.15) is 5.82 Å². The Kier molecular flexibility index (Phi) is 6.34. The van der Waals surface area contributed by atoms with Gasteiger partial charge in [-0.05, 0) is 50.6 Å². The van der Waals surface area contributed by atoms with Crippen LogP contribution in [0.25, 0.3) is 11.3 Å². The second kappa shape index (κ2) is 8.68. The molecule has 1 aromatic carbocycles. The summed E-state index contributed by atoms with van der Waals surface area (Å²) in [5, 5.41) is 16.1. The van der Waals surface area contributed by atoms with Gasteiger partial charge in [0.15, 0.2) is 9.84 Å². The van der Waals surface area contributed by atoms with E-state index in [1.807, 2.05) is 13.0 Å². The van der Waals surface area contributed by atoms with Crippen LogP contribution in [0.1, 0.15) is 31.9 Å². The molecule has 0 radical (unpaired) electrons. The maximum atomic E-state index is 12.1. The lowest BCUT2D eigenvalue weighted by Gasteiger charge is -2.18. The second-order valence-electron chi connectivity index (χ2n) is 8.22. The van der Waals surface area contributed by atoms with E-state index in [2.05, 4.69) is 20.6 Å². The molecule has 0 bridgehead atoms. The predicted molar refractivity (Wildman–Crippen MR) is 125 cm³/mol. The first-order valence-electron chi connectivity index (χ1n) is 9.88. The van der Waals surface area contributed by atoms with E-state index in [1.54, 1.807) is 56.6 Å². The molecule has 0 atom stereocenters. The summed E-state index contributed by atoms with van der Waals surface area (Å²) in [5.41, 5.74) is 2.80. The fourth-order valence-electron chi connectivity index (χ4n) is 3.12. The molecule has 168 valence electrons. The third kappa shape index (κ3) is 5.68. The summed E-state index contributed by atoms with van der Waals surface area (Å²) in [5.74, 6) is 0.0756. The van der Waals surface area contributed by atoms with Crippen molar-refractivity contribution in [3.63, 3.8) is 0 Å². The van der Waals surface area contributed by atoms with Gasteiger partial charge in [0, 0.05) is 48.5 Å². The van der Waals surface area contributed by atoms with Crippen LogP contribution in [-0.2, 0) is 20.2 Å². The smallest absolute Gasteiger partial charge is 0.222 e. The summed E-state index contributed by atoms with van der Waals surface area (Å²) in [6.45, 7) is 6.56. The van der Waals surface area contributed by atoms with Crippen molar-refractivity contribution in [1.82, 2.24) is 9.97 Å². The van der Waals surface area contributed by atoms with Crippen molar-refractivity contribution in [2.24, 2.45) is 0 Å². The number of pyridine rings is 2. The van der Waals surface area contributed by atoms with Crippen LogP contribution < -0.4 is 10.6 Å². The number of sulfone groups is 1. The molecular formula is C23H26N4O4S. The van der Waals surface area contributed by atoms with Crippen molar-refractivity contribution in [1.29, 1.82) is 0 Å². The highest BCUT2D eigenvalue weighted by Crippen LogP contribution is 2.32. The second-order valence-corrected chi connectivity index (χ2v) is 10.2. The minimum atomic E-state index is -3.39. The Bertz CT molecular complexity index is 1260. The number of amides is 1. The van der Waals surface area contributed by atoms with Gasteiger partial charge in [0.05, 0.1) is 21.9 Å². The van der Waals surface area contributed by atoms with Gasteiger partial charge in [-0.2, -0.15) is 0 Å². The van der Waals surface area contributed by atoms with Crippen LogP contribution in [0, 0.1) is 6.92 Å². The standard InChI is InChI=1S/C23H26N4O4S/c1-14-8-17(10-18(9-14)32(5,30)31)27-21-11-22(26-15(2)28)25-13-19(21)20-7-6-16(12-24-20)23(3,4)29/h6-13,29H,1-5H3,(H2,25,26,27,28). The van der Waals surface area contributed by atoms with E-state index < -0.39 is 15.4 Å². The molecule has 8 nitrogen and oxygen atoms in total. The topological polar surface area (TPSA) is 121 Å². The van der Waals surface area contributed by atoms with E-state index in [1.165, 1.54) is 6.92 Å². The van der Waals surface area contributed by atoms with Crippen LogP contribution in [0.4, 0.5) is 17.2 Å². The summed E-state index contributed by atoms with van der Waals surface area (Å²) < 4.78 is 24.1. The minimum Gasteiger partial charge on any atom is -0.386 e. The molecule has 0 aliphatic rings. The first-order chi connectivity index (χ1) is 14.8. The maximum Gasteiger partial charge on any atom is 0.222 e. The van der Waals surface area contributed by atoms with E-state index in [-0.39, 0.29) is 10.8 Å². The zero-order valence-corrected chi connectivity index (χ0v) is 19.4. The van der Waals surface area contributed by atoms with Crippen LogP contribution in [0.5, 0.6) is 0 Å². The number of aryl methyl sites for hydroxylation is 1. The summed E-state index contributed by atoms with van der Waals surface area (Å²) in [6, 6.07) is 10.2. The molecule has 0 fully saturated rings. The molecule has 0 saturated heterocycles. The van der Waals surface area contributed by atoms with Gasteiger partial charge in [0.2, 0.25) is 5.91 Å². The molecule has 0 aliphatic carbocycles. The van der Waals surface area contributed by atoms with E-state index in [0.717, 1.165) is 11.8 Å². The van der Waals surface area contributed by atoms with E-state index >= 15 is 0 Å². The van der Waals surface area contributed by atoms with E-state index in [0.29, 0.717) is 34.0 Å². The summed E-state index contributed by atoms with van der Waals surface area (Å²) in [4.78, 5) is 20.4. The molecule has 2 aromatic heterocycles. The van der Waals surface area contributed by atoms with Crippen molar-refractivity contribution in [2.75, 3.05) is 16.9 Å². The highest BCUT2D eigenvalue weighted by atomic mass is 32.2. The number of nitrogens with zero attached hydrogens (tertiary/aromatic N) is 2. The monoisotopic (exact) mass is 454 g/mol. The number of aromatic nitrogens is 2. The Morgan fingerprint density at radius 1 is 1.06 bits per heavy atom. The molecule has 32 heavy (non-hydrogen) atoms. The lowest BCUT2D eigenvalue weighted by atomic mass is 9.99. The van der Waals surface area contributed by atoms with Crippen LogP contribution in [0.3, 0.4) is 0 Å². The van der Waals surface area contributed by atoms with Gasteiger partial charge in [-0.15, -0.1) is 0 Å². The lowest BCUT2D eigenvalue weighted by Crippen LogP contribution is -2.15.